The average Bonchev–Trinajstić information content (AvgIpc) is 3.14. The van der Waals surface area contributed by atoms with E-state index < -0.39 is 5.60 Å². The Morgan fingerprint density at radius 3 is 2.62 bits per heavy atom. The van der Waals surface area contributed by atoms with E-state index in [4.69, 9.17) is 0 Å². The number of hydrogen-bond acceptors (Lipinski definition) is 3. The van der Waals surface area contributed by atoms with Gasteiger partial charge in [0.25, 0.3) is 0 Å². The van der Waals surface area contributed by atoms with E-state index in [0.29, 0.717) is 13.1 Å². The summed E-state index contributed by atoms with van der Waals surface area (Å²) in [5, 5.41) is 16.1. The zero-order valence-corrected chi connectivity index (χ0v) is 14.1. The molecule has 2 aliphatic rings. The number of nitrogens with zero attached hydrogens (tertiary/aromatic N) is 1. The van der Waals surface area contributed by atoms with E-state index in [1.807, 2.05) is 12.1 Å². The molecule has 3 rings (SSSR count). The fraction of sp³-hybridized carbons (Fsp3) is 0.526. The van der Waals surface area contributed by atoms with Gasteiger partial charge in [-0.2, -0.15) is 0 Å². The Morgan fingerprint density at radius 2 is 1.88 bits per heavy atom. The highest BCUT2D eigenvalue weighted by Crippen LogP contribution is 2.27. The van der Waals surface area contributed by atoms with Crippen LogP contribution in [0.5, 0.6) is 0 Å². The molecule has 1 aliphatic carbocycles. The maximum absolute atomic E-state index is 12.0. The Morgan fingerprint density at radius 1 is 1.12 bits per heavy atom. The Kier molecular flexibility index (Phi) is 5.41. The maximum Gasteiger partial charge on any atom is 0.315 e. The van der Waals surface area contributed by atoms with E-state index in [1.165, 1.54) is 12.1 Å². The summed E-state index contributed by atoms with van der Waals surface area (Å²) >= 11 is 0. The summed E-state index contributed by atoms with van der Waals surface area (Å²) in [6.45, 7) is 2.70. The molecule has 1 saturated carbocycles. The van der Waals surface area contributed by atoms with Crippen molar-refractivity contribution in [2.45, 2.75) is 44.2 Å². The van der Waals surface area contributed by atoms with E-state index in [2.05, 4.69) is 39.8 Å². The van der Waals surface area contributed by atoms with Crippen LogP contribution in [0.2, 0.25) is 0 Å². The van der Waals surface area contributed by atoms with Gasteiger partial charge in [0.1, 0.15) is 0 Å². The first-order valence-corrected chi connectivity index (χ1v) is 8.88. The molecule has 5 nitrogen and oxygen atoms in total. The molecule has 24 heavy (non-hydrogen) atoms. The third-order valence-electron chi connectivity index (χ3n) is 4.91. The zero-order valence-electron chi connectivity index (χ0n) is 14.1. The van der Waals surface area contributed by atoms with Crippen molar-refractivity contribution in [3.05, 3.63) is 42.0 Å². The van der Waals surface area contributed by atoms with Crippen LogP contribution in [0, 0.1) is 0 Å². The van der Waals surface area contributed by atoms with Crippen LogP contribution in [0.15, 0.2) is 36.4 Å². The van der Waals surface area contributed by atoms with Gasteiger partial charge in [0.05, 0.1) is 5.60 Å². The summed E-state index contributed by atoms with van der Waals surface area (Å²) in [5.41, 5.74) is 1.53. The first-order chi connectivity index (χ1) is 11.6. The van der Waals surface area contributed by atoms with Crippen molar-refractivity contribution in [1.29, 1.82) is 0 Å². The second kappa shape index (κ2) is 7.71. The standard InChI is InChI=1S/C19H27N3O2/c23-18(21-15-19(24)9-2-1-3-10-19)20-14-16-7-6-8-17(13-16)22-11-4-5-12-22/h4-8,13,24H,1-3,9-12,14-15H2,(H2,20,21,23). The molecule has 0 aromatic heterocycles. The van der Waals surface area contributed by atoms with Crippen LogP contribution in [0.4, 0.5) is 10.5 Å². The predicted octanol–water partition coefficient (Wildman–Crippen LogP) is 2.56. The van der Waals surface area contributed by atoms with Gasteiger partial charge in [-0.1, -0.05) is 43.5 Å². The Balaban J connectivity index is 1.45. The van der Waals surface area contributed by atoms with Crippen molar-refractivity contribution in [1.82, 2.24) is 10.6 Å². The Labute approximate surface area is 143 Å². The first kappa shape index (κ1) is 16.8. The molecule has 1 fully saturated rings. The van der Waals surface area contributed by atoms with Crippen molar-refractivity contribution in [3.8, 4) is 0 Å². The molecule has 0 radical (unpaired) electrons. The molecule has 0 unspecified atom stereocenters. The van der Waals surface area contributed by atoms with Gasteiger partial charge < -0.3 is 20.6 Å². The fourth-order valence-corrected chi connectivity index (χ4v) is 3.43. The highest BCUT2D eigenvalue weighted by atomic mass is 16.3. The van der Waals surface area contributed by atoms with Gasteiger partial charge in [-0.25, -0.2) is 4.79 Å². The normalized spacial score (nSPS) is 19.3. The predicted molar refractivity (Wildman–Crippen MR) is 96.1 cm³/mol. The van der Waals surface area contributed by atoms with E-state index >= 15 is 0 Å². The number of amides is 2. The van der Waals surface area contributed by atoms with E-state index in [1.54, 1.807) is 0 Å². The molecule has 1 aliphatic heterocycles. The lowest BCUT2D eigenvalue weighted by Gasteiger charge is -2.32. The lowest BCUT2D eigenvalue weighted by molar-refractivity contribution is 0.00719. The van der Waals surface area contributed by atoms with Crippen molar-refractivity contribution < 1.29 is 9.90 Å². The van der Waals surface area contributed by atoms with Gasteiger partial charge in [0.2, 0.25) is 0 Å². The van der Waals surface area contributed by atoms with Gasteiger partial charge in [0.15, 0.2) is 0 Å². The molecule has 130 valence electrons. The van der Waals surface area contributed by atoms with Crippen molar-refractivity contribution in [3.63, 3.8) is 0 Å². The minimum atomic E-state index is -0.724. The summed E-state index contributed by atoms with van der Waals surface area (Å²) in [7, 11) is 0. The Hall–Kier alpha value is -2.01. The number of benzene rings is 1. The summed E-state index contributed by atoms with van der Waals surface area (Å²) in [4.78, 5) is 14.3. The molecule has 1 aromatic carbocycles. The van der Waals surface area contributed by atoms with E-state index in [-0.39, 0.29) is 6.03 Å². The second-order valence-electron chi connectivity index (χ2n) is 6.87. The van der Waals surface area contributed by atoms with Crippen molar-refractivity contribution in [2.24, 2.45) is 0 Å². The minimum absolute atomic E-state index is 0.220. The molecule has 1 heterocycles. The number of nitrogens with one attached hydrogen (secondary N) is 2. The van der Waals surface area contributed by atoms with E-state index in [0.717, 1.165) is 44.3 Å². The molecule has 5 heteroatoms. The van der Waals surface area contributed by atoms with Crippen LogP contribution in [0.1, 0.15) is 37.7 Å². The molecule has 0 saturated heterocycles. The van der Waals surface area contributed by atoms with Crippen LogP contribution in [0.25, 0.3) is 0 Å². The van der Waals surface area contributed by atoms with Gasteiger partial charge in [-0.05, 0) is 30.5 Å². The molecule has 1 aromatic rings. The molecule has 2 amide bonds. The number of aliphatic hydroxyl groups is 1. The molecular weight excluding hydrogens is 302 g/mol. The molecule has 0 spiro atoms. The maximum atomic E-state index is 12.0. The minimum Gasteiger partial charge on any atom is -0.388 e. The summed E-state index contributed by atoms with van der Waals surface area (Å²) < 4.78 is 0. The average molecular weight is 329 g/mol. The van der Waals surface area contributed by atoms with Crippen molar-refractivity contribution >= 4 is 11.7 Å². The molecule has 0 bridgehead atoms. The lowest BCUT2D eigenvalue weighted by atomic mass is 9.85. The van der Waals surface area contributed by atoms with Crippen LogP contribution in [0.3, 0.4) is 0 Å². The Bertz CT molecular complexity index is 586. The molecule has 3 N–H and O–H groups in total. The highest BCUT2D eigenvalue weighted by Gasteiger charge is 2.29. The SMILES string of the molecule is O=C(NCc1cccc(N2CC=CC2)c1)NCC1(O)CCCCC1. The number of rotatable bonds is 5. The molecule has 0 atom stereocenters. The van der Waals surface area contributed by atoms with Gasteiger partial charge in [-0.3, -0.25) is 0 Å². The van der Waals surface area contributed by atoms with Crippen LogP contribution in [-0.4, -0.2) is 36.4 Å². The third-order valence-corrected chi connectivity index (χ3v) is 4.91. The number of anilines is 1. The van der Waals surface area contributed by atoms with Crippen molar-refractivity contribution in [2.75, 3.05) is 24.5 Å². The highest BCUT2D eigenvalue weighted by molar-refractivity contribution is 5.74. The topological polar surface area (TPSA) is 64.6 Å². The van der Waals surface area contributed by atoms with Gasteiger partial charge >= 0.3 is 6.03 Å². The zero-order chi connectivity index (χ0) is 16.8. The van der Waals surface area contributed by atoms with Crippen LogP contribution in [-0.2, 0) is 6.54 Å². The lowest BCUT2D eigenvalue weighted by Crippen LogP contribution is -2.47. The summed E-state index contributed by atoms with van der Waals surface area (Å²) in [6.07, 6.45) is 9.13. The summed E-state index contributed by atoms with van der Waals surface area (Å²) in [5.74, 6) is 0. The van der Waals surface area contributed by atoms with E-state index in [9.17, 15) is 9.90 Å². The van der Waals surface area contributed by atoms with Crippen LogP contribution < -0.4 is 15.5 Å². The van der Waals surface area contributed by atoms with Gasteiger partial charge in [0, 0.05) is 31.9 Å². The van der Waals surface area contributed by atoms with Crippen LogP contribution >= 0.6 is 0 Å². The fourth-order valence-electron chi connectivity index (χ4n) is 3.43. The largest absolute Gasteiger partial charge is 0.388 e. The first-order valence-electron chi connectivity index (χ1n) is 8.88. The third kappa shape index (κ3) is 4.51. The van der Waals surface area contributed by atoms with Gasteiger partial charge in [-0.15, -0.1) is 0 Å². The smallest absolute Gasteiger partial charge is 0.315 e. The quantitative estimate of drug-likeness (QED) is 0.728. The molecular formula is C19H27N3O2. The monoisotopic (exact) mass is 329 g/mol. The number of carbonyl (C=O) groups excluding carboxylic acids is 1. The summed E-state index contributed by atoms with van der Waals surface area (Å²) in [6, 6.07) is 8.02. The number of urea groups is 1. The number of carbonyl (C=O) groups is 1. The number of hydrogen-bond donors (Lipinski definition) is 3. The second-order valence-corrected chi connectivity index (χ2v) is 6.87.